The zero-order valence-electron chi connectivity index (χ0n) is 18.6. The summed E-state index contributed by atoms with van der Waals surface area (Å²) in [4.78, 5) is 15.2. The highest BCUT2D eigenvalue weighted by Gasteiger charge is 2.06. The van der Waals surface area contributed by atoms with Crippen LogP contribution in [0.25, 0.3) is 0 Å². The molecule has 1 N–H and O–H groups in total. The van der Waals surface area contributed by atoms with Crippen LogP contribution in [0, 0.1) is 5.92 Å². The maximum absolute atomic E-state index is 14.0. The first-order valence-electron chi connectivity index (χ1n) is 10.6. The van der Waals surface area contributed by atoms with Gasteiger partial charge >= 0.3 is 0 Å². The van der Waals surface area contributed by atoms with Crippen molar-refractivity contribution in [1.29, 1.82) is 0 Å². The molecular weight excluding hydrogens is 367 g/mol. The highest BCUT2D eigenvalue weighted by molar-refractivity contribution is 5.92. The Labute approximate surface area is 176 Å². The number of carbonyl (C=O) groups is 1. The summed E-state index contributed by atoms with van der Waals surface area (Å²) >= 11 is 0. The first-order valence-corrected chi connectivity index (χ1v) is 10.6. The van der Waals surface area contributed by atoms with Gasteiger partial charge in [-0.2, -0.15) is 0 Å². The van der Waals surface area contributed by atoms with E-state index in [9.17, 15) is 9.18 Å². The van der Waals surface area contributed by atoms with Gasteiger partial charge in [-0.3, -0.25) is 4.79 Å². The molecule has 29 heavy (non-hydrogen) atoms. The minimum atomic E-state index is -0.552. The van der Waals surface area contributed by atoms with Crippen molar-refractivity contribution in [1.82, 2.24) is 10.3 Å². The SMILES string of the molecule is C=C/C(F)=C(\C=C/CCNCCC(CC)CC)Oc1ccc(C(C)=O)nc1.CC. The van der Waals surface area contributed by atoms with Crippen molar-refractivity contribution < 1.29 is 13.9 Å². The van der Waals surface area contributed by atoms with Crippen LogP contribution in [0.5, 0.6) is 5.75 Å². The van der Waals surface area contributed by atoms with Crippen molar-refractivity contribution in [3.8, 4) is 5.75 Å². The lowest BCUT2D eigenvalue weighted by Crippen LogP contribution is -2.18. The predicted octanol–water partition coefficient (Wildman–Crippen LogP) is 6.42. The molecule has 162 valence electrons. The van der Waals surface area contributed by atoms with Crippen LogP contribution in [0.2, 0.25) is 0 Å². The molecule has 0 aliphatic rings. The van der Waals surface area contributed by atoms with Gasteiger partial charge in [0.1, 0.15) is 11.4 Å². The molecular formula is C24H37FN2O2. The lowest BCUT2D eigenvalue weighted by molar-refractivity contribution is 0.101. The van der Waals surface area contributed by atoms with Gasteiger partial charge in [0.05, 0.1) is 6.20 Å². The second kappa shape index (κ2) is 16.7. The van der Waals surface area contributed by atoms with E-state index in [1.807, 2.05) is 19.9 Å². The number of hydrogen-bond donors (Lipinski definition) is 1. The first-order chi connectivity index (χ1) is 14.0. The second-order valence-electron chi connectivity index (χ2n) is 6.37. The molecule has 1 heterocycles. The number of Topliss-reactive ketones (excluding diaryl/α,β-unsaturated/α-hetero) is 1. The molecule has 4 nitrogen and oxygen atoms in total. The van der Waals surface area contributed by atoms with E-state index < -0.39 is 5.83 Å². The Morgan fingerprint density at radius 3 is 2.48 bits per heavy atom. The fourth-order valence-electron chi connectivity index (χ4n) is 2.54. The third kappa shape index (κ3) is 11.3. The first kappa shape index (κ1) is 26.7. The van der Waals surface area contributed by atoms with E-state index >= 15 is 0 Å². The van der Waals surface area contributed by atoms with Gasteiger partial charge in [0.15, 0.2) is 17.4 Å². The maximum Gasteiger partial charge on any atom is 0.178 e. The molecule has 0 spiro atoms. The van der Waals surface area contributed by atoms with E-state index in [1.165, 1.54) is 32.4 Å². The molecule has 1 aromatic heterocycles. The number of ether oxygens (including phenoxy) is 1. The van der Waals surface area contributed by atoms with E-state index in [4.69, 9.17) is 4.74 Å². The summed E-state index contributed by atoms with van der Waals surface area (Å²) in [6.45, 7) is 15.2. The third-order valence-corrected chi connectivity index (χ3v) is 4.38. The molecule has 0 amide bonds. The van der Waals surface area contributed by atoms with Crippen molar-refractivity contribution in [2.45, 2.75) is 60.3 Å². The number of aromatic nitrogens is 1. The molecule has 0 radical (unpaired) electrons. The van der Waals surface area contributed by atoms with Crippen LogP contribution in [-0.4, -0.2) is 23.9 Å². The van der Waals surface area contributed by atoms with Crippen molar-refractivity contribution in [3.05, 3.63) is 60.4 Å². The van der Waals surface area contributed by atoms with Crippen LogP contribution >= 0.6 is 0 Å². The van der Waals surface area contributed by atoms with Gasteiger partial charge in [-0.1, -0.05) is 53.2 Å². The Bertz CT molecular complexity index is 647. The molecule has 5 heteroatoms. The number of hydrogen-bond acceptors (Lipinski definition) is 4. The molecule has 0 aromatic carbocycles. The maximum atomic E-state index is 14.0. The Kier molecular flexibility index (Phi) is 15.4. The van der Waals surface area contributed by atoms with E-state index in [0.717, 1.165) is 31.5 Å². The minimum Gasteiger partial charge on any atom is -0.453 e. The Morgan fingerprint density at radius 1 is 1.28 bits per heavy atom. The number of rotatable bonds is 13. The molecule has 0 bridgehead atoms. The van der Waals surface area contributed by atoms with Gasteiger partial charge in [-0.25, -0.2) is 9.37 Å². The van der Waals surface area contributed by atoms with Crippen LogP contribution < -0.4 is 10.1 Å². The van der Waals surface area contributed by atoms with Gasteiger partial charge in [0, 0.05) is 6.92 Å². The third-order valence-electron chi connectivity index (χ3n) is 4.38. The molecule has 0 saturated heterocycles. The topological polar surface area (TPSA) is 51.2 Å². The lowest BCUT2D eigenvalue weighted by atomic mass is 10.00. The van der Waals surface area contributed by atoms with Gasteiger partial charge < -0.3 is 10.1 Å². The normalized spacial score (nSPS) is 11.7. The smallest absolute Gasteiger partial charge is 0.178 e. The summed E-state index contributed by atoms with van der Waals surface area (Å²) in [5.41, 5.74) is 0.340. The van der Waals surface area contributed by atoms with Crippen molar-refractivity contribution >= 4 is 5.78 Å². The van der Waals surface area contributed by atoms with E-state index in [0.29, 0.717) is 11.4 Å². The monoisotopic (exact) mass is 404 g/mol. The van der Waals surface area contributed by atoms with Crippen molar-refractivity contribution in [3.63, 3.8) is 0 Å². The predicted molar refractivity (Wildman–Crippen MR) is 120 cm³/mol. The van der Waals surface area contributed by atoms with Crippen LogP contribution in [0.4, 0.5) is 4.39 Å². The molecule has 0 atom stereocenters. The average Bonchev–Trinajstić information content (AvgIpc) is 2.76. The molecule has 0 fully saturated rings. The molecule has 1 aromatic rings. The van der Waals surface area contributed by atoms with Gasteiger partial charge in [0.2, 0.25) is 0 Å². The van der Waals surface area contributed by atoms with Gasteiger partial charge in [-0.15, -0.1) is 0 Å². The van der Waals surface area contributed by atoms with Crippen LogP contribution in [0.3, 0.4) is 0 Å². The largest absolute Gasteiger partial charge is 0.453 e. The highest BCUT2D eigenvalue weighted by atomic mass is 19.1. The quantitative estimate of drug-likeness (QED) is 0.178. The Morgan fingerprint density at radius 2 is 1.97 bits per heavy atom. The summed E-state index contributed by atoms with van der Waals surface area (Å²) in [6, 6.07) is 3.14. The van der Waals surface area contributed by atoms with Crippen LogP contribution in [0.1, 0.15) is 70.8 Å². The van der Waals surface area contributed by atoms with Crippen LogP contribution in [0.15, 0.2) is 54.7 Å². The zero-order chi connectivity index (χ0) is 22.1. The lowest BCUT2D eigenvalue weighted by Gasteiger charge is -2.12. The Hall–Kier alpha value is -2.27. The molecule has 0 aliphatic heterocycles. The fraction of sp³-hybridized carbons (Fsp3) is 0.500. The Balaban J connectivity index is 0.00000379. The van der Waals surface area contributed by atoms with Crippen LogP contribution in [-0.2, 0) is 0 Å². The number of ketones is 1. The fourth-order valence-corrected chi connectivity index (χ4v) is 2.54. The number of allylic oxidation sites excluding steroid dienone is 3. The standard InChI is InChI=1S/C22H31FN2O2.C2H6/c1-5-18(6-2)13-15-24-14-9-8-10-22(20(23)7-3)27-19-11-12-21(17(4)26)25-16-19;1-2/h7-8,10-12,16,18,24H,3,5-6,9,13-15H2,1-2,4H3;1-2H3/b10-8-,22-20-;. The van der Waals surface area contributed by atoms with Crippen molar-refractivity contribution in [2.75, 3.05) is 13.1 Å². The molecule has 0 saturated carbocycles. The highest BCUT2D eigenvalue weighted by Crippen LogP contribution is 2.18. The summed E-state index contributed by atoms with van der Waals surface area (Å²) in [7, 11) is 0. The molecule has 1 rings (SSSR count). The van der Waals surface area contributed by atoms with Gasteiger partial charge in [0.25, 0.3) is 0 Å². The van der Waals surface area contributed by atoms with E-state index in [1.54, 1.807) is 18.2 Å². The zero-order valence-corrected chi connectivity index (χ0v) is 18.6. The minimum absolute atomic E-state index is 0.0689. The van der Waals surface area contributed by atoms with Gasteiger partial charge in [-0.05, 0) is 56.1 Å². The number of halogens is 1. The summed E-state index contributed by atoms with van der Waals surface area (Å²) < 4.78 is 19.5. The summed E-state index contributed by atoms with van der Waals surface area (Å²) in [6.07, 6.45) is 10.3. The summed E-state index contributed by atoms with van der Waals surface area (Å²) in [5.74, 6) is 0.523. The van der Waals surface area contributed by atoms with Crippen molar-refractivity contribution in [2.24, 2.45) is 5.92 Å². The number of carbonyl (C=O) groups excluding carboxylic acids is 1. The van der Waals surface area contributed by atoms with E-state index in [-0.39, 0.29) is 11.5 Å². The second-order valence-corrected chi connectivity index (χ2v) is 6.37. The number of pyridine rings is 1. The molecule has 0 unspecified atom stereocenters. The summed E-state index contributed by atoms with van der Waals surface area (Å²) in [5, 5.41) is 3.40. The molecule has 0 aliphatic carbocycles. The van der Waals surface area contributed by atoms with E-state index in [2.05, 4.69) is 30.7 Å². The average molecular weight is 405 g/mol. The number of nitrogens with one attached hydrogen (secondary N) is 1. The number of nitrogens with zero attached hydrogens (tertiary/aromatic N) is 1.